The maximum atomic E-state index is 12.1. The molecule has 0 saturated carbocycles. The zero-order valence-corrected chi connectivity index (χ0v) is 39.6. The first-order chi connectivity index (χ1) is 29.8. The van der Waals surface area contributed by atoms with Crippen LogP contribution in [0.5, 0.6) is 0 Å². The lowest BCUT2D eigenvalue weighted by molar-refractivity contribution is -0.148. The molecule has 0 aromatic carbocycles. The van der Waals surface area contributed by atoms with Crippen molar-refractivity contribution in [3.63, 3.8) is 0 Å². The molecule has 5 atom stereocenters. The van der Waals surface area contributed by atoms with Crippen LogP contribution in [0.25, 0.3) is 0 Å². The number of aliphatic hydroxyl groups excluding tert-OH is 3. The second-order valence-corrected chi connectivity index (χ2v) is 18.4. The highest BCUT2D eigenvalue weighted by atomic mass is 31.2. The summed E-state index contributed by atoms with van der Waals surface area (Å²) in [6.07, 6.45) is 36.7. The van der Waals surface area contributed by atoms with E-state index in [2.05, 4.69) is 62.3 Å². The standard InChI is InChI=1S/C45H82O15P2/c1-3-5-7-9-11-13-15-17-19-21-23-25-27-29-31-33-44(49)55-35-41(46)37-57-61(51,52)59-39-43(48)40-60-62(53,54)58-38-42(47)36-56-45(50)34-32-30-28-26-24-22-20-18-16-14-12-10-8-6-4-2/h5,7,9,11,13-16,41-43,46-48H,3-4,6,8,10,12,17-40H2,1-2H3,(H,51,52)(H,53,54)/b7-5+,11-9+,15-13+,16-14-. The second kappa shape index (κ2) is 41.7. The Morgan fingerprint density at radius 1 is 0.435 bits per heavy atom. The van der Waals surface area contributed by atoms with Gasteiger partial charge in [-0.25, -0.2) is 9.13 Å². The van der Waals surface area contributed by atoms with Gasteiger partial charge in [0.05, 0.1) is 26.4 Å². The third kappa shape index (κ3) is 43.3. The molecule has 5 N–H and O–H groups in total. The molecule has 0 aliphatic carbocycles. The van der Waals surface area contributed by atoms with E-state index in [0.717, 1.165) is 83.5 Å². The van der Waals surface area contributed by atoms with E-state index >= 15 is 0 Å². The van der Waals surface area contributed by atoms with Crippen LogP contribution in [0.3, 0.4) is 0 Å². The molecule has 17 heteroatoms. The molecule has 62 heavy (non-hydrogen) atoms. The predicted octanol–water partition coefficient (Wildman–Crippen LogP) is 10.0. The fraction of sp³-hybridized carbons (Fsp3) is 0.778. The first kappa shape index (κ1) is 60.0. The number of phosphoric acid groups is 2. The average molecular weight is 925 g/mol. The summed E-state index contributed by atoms with van der Waals surface area (Å²) in [4.78, 5) is 43.7. The molecular weight excluding hydrogens is 842 g/mol. The van der Waals surface area contributed by atoms with Crippen LogP contribution in [0.1, 0.15) is 168 Å². The summed E-state index contributed by atoms with van der Waals surface area (Å²) in [6.45, 7) is 0.250. The molecule has 0 heterocycles. The first-order valence-electron chi connectivity index (χ1n) is 23.0. The molecule has 0 aromatic rings. The summed E-state index contributed by atoms with van der Waals surface area (Å²) < 4.78 is 52.9. The van der Waals surface area contributed by atoms with Crippen LogP contribution in [-0.2, 0) is 46.3 Å². The van der Waals surface area contributed by atoms with Gasteiger partial charge in [0.15, 0.2) is 0 Å². The molecule has 0 radical (unpaired) electrons. The molecule has 5 unspecified atom stereocenters. The minimum absolute atomic E-state index is 0.182. The van der Waals surface area contributed by atoms with Crippen molar-refractivity contribution in [3.05, 3.63) is 48.6 Å². The first-order valence-corrected chi connectivity index (χ1v) is 26.0. The summed E-state index contributed by atoms with van der Waals surface area (Å²) in [5, 5.41) is 30.0. The van der Waals surface area contributed by atoms with E-state index in [-0.39, 0.29) is 12.8 Å². The normalized spacial score (nSPS) is 15.7. The number of carbonyl (C=O) groups is 2. The van der Waals surface area contributed by atoms with E-state index in [4.69, 9.17) is 9.47 Å². The fourth-order valence-electron chi connectivity index (χ4n) is 5.74. The highest BCUT2D eigenvalue weighted by molar-refractivity contribution is 7.47. The lowest BCUT2D eigenvalue weighted by atomic mass is 10.1. The number of phosphoric ester groups is 2. The molecule has 0 bridgehead atoms. The van der Waals surface area contributed by atoms with Crippen LogP contribution in [0.2, 0.25) is 0 Å². The Bertz CT molecular complexity index is 1310. The summed E-state index contributed by atoms with van der Waals surface area (Å²) in [6, 6.07) is 0. The van der Waals surface area contributed by atoms with Crippen molar-refractivity contribution in [1.82, 2.24) is 0 Å². The van der Waals surface area contributed by atoms with E-state index < -0.39 is 85.5 Å². The summed E-state index contributed by atoms with van der Waals surface area (Å²) in [5.74, 6) is -1.01. The molecule has 0 amide bonds. The number of hydrogen-bond donors (Lipinski definition) is 5. The maximum absolute atomic E-state index is 12.1. The number of aliphatic hydroxyl groups is 3. The van der Waals surface area contributed by atoms with Crippen LogP contribution in [0.4, 0.5) is 0 Å². The van der Waals surface area contributed by atoms with Gasteiger partial charge in [-0.15, -0.1) is 0 Å². The Balaban J connectivity index is 3.91. The summed E-state index contributed by atoms with van der Waals surface area (Å²) >= 11 is 0. The van der Waals surface area contributed by atoms with Gasteiger partial charge < -0.3 is 34.6 Å². The average Bonchev–Trinajstić information content (AvgIpc) is 3.24. The van der Waals surface area contributed by atoms with E-state index in [1.165, 1.54) is 44.9 Å². The van der Waals surface area contributed by atoms with Crippen molar-refractivity contribution in [3.8, 4) is 0 Å². The monoisotopic (exact) mass is 925 g/mol. The van der Waals surface area contributed by atoms with Crippen LogP contribution in [0.15, 0.2) is 48.6 Å². The molecule has 0 rings (SSSR count). The van der Waals surface area contributed by atoms with Crippen molar-refractivity contribution in [1.29, 1.82) is 0 Å². The molecule has 0 aliphatic heterocycles. The quantitative estimate of drug-likeness (QED) is 0.0126. The third-order valence-electron chi connectivity index (χ3n) is 9.33. The number of hydrogen-bond acceptors (Lipinski definition) is 13. The van der Waals surface area contributed by atoms with E-state index in [1.807, 2.05) is 18.2 Å². The zero-order chi connectivity index (χ0) is 46.0. The Morgan fingerprint density at radius 3 is 1.15 bits per heavy atom. The molecule has 0 aromatic heterocycles. The maximum Gasteiger partial charge on any atom is 0.472 e. The lowest BCUT2D eigenvalue weighted by Crippen LogP contribution is -2.25. The number of rotatable bonds is 44. The molecular formula is C45H82O15P2. The SMILES string of the molecule is CC/C=C/C=C/C=C/CCCCCCCCCC(=O)OCC(O)COP(=O)(O)OCC(O)COP(=O)(O)OCC(O)COC(=O)CCCCCCCCC/C=C\CCCCCC. The van der Waals surface area contributed by atoms with Crippen molar-refractivity contribution in [2.75, 3.05) is 39.6 Å². The van der Waals surface area contributed by atoms with Crippen LogP contribution in [0, 0.1) is 0 Å². The smallest absolute Gasteiger partial charge is 0.463 e. The second-order valence-electron chi connectivity index (χ2n) is 15.4. The van der Waals surface area contributed by atoms with E-state index in [1.54, 1.807) is 0 Å². The lowest BCUT2D eigenvalue weighted by Gasteiger charge is -2.19. The molecule has 0 fully saturated rings. The Hall–Kier alpha value is -2.00. The van der Waals surface area contributed by atoms with Gasteiger partial charge in [0.2, 0.25) is 0 Å². The van der Waals surface area contributed by atoms with Crippen molar-refractivity contribution < 1.29 is 71.4 Å². The van der Waals surface area contributed by atoms with Gasteiger partial charge in [-0.3, -0.25) is 27.7 Å². The molecule has 0 saturated heterocycles. The topological polar surface area (TPSA) is 225 Å². The van der Waals surface area contributed by atoms with Gasteiger partial charge in [-0.05, 0) is 57.8 Å². The zero-order valence-electron chi connectivity index (χ0n) is 37.8. The molecule has 15 nitrogen and oxygen atoms in total. The number of unbranched alkanes of at least 4 members (excludes halogenated alkanes) is 18. The Morgan fingerprint density at radius 2 is 0.758 bits per heavy atom. The van der Waals surface area contributed by atoms with Gasteiger partial charge in [-0.1, -0.05) is 146 Å². The van der Waals surface area contributed by atoms with Gasteiger partial charge in [0.25, 0.3) is 0 Å². The largest absolute Gasteiger partial charge is 0.472 e. The highest BCUT2D eigenvalue weighted by Crippen LogP contribution is 2.45. The Labute approximate surface area is 372 Å². The minimum Gasteiger partial charge on any atom is -0.463 e. The molecule has 362 valence electrons. The fourth-order valence-corrected chi connectivity index (χ4v) is 7.33. The van der Waals surface area contributed by atoms with Crippen molar-refractivity contribution in [2.45, 2.75) is 186 Å². The van der Waals surface area contributed by atoms with Crippen LogP contribution >= 0.6 is 15.6 Å². The molecule has 0 spiro atoms. The van der Waals surface area contributed by atoms with Crippen molar-refractivity contribution >= 4 is 27.6 Å². The minimum atomic E-state index is -4.79. The van der Waals surface area contributed by atoms with Crippen LogP contribution in [-0.4, -0.2) is 95.0 Å². The number of ether oxygens (including phenoxy) is 2. The van der Waals surface area contributed by atoms with Gasteiger partial charge >= 0.3 is 27.6 Å². The van der Waals surface area contributed by atoms with Crippen LogP contribution < -0.4 is 0 Å². The van der Waals surface area contributed by atoms with Gasteiger partial charge in [-0.2, -0.15) is 0 Å². The van der Waals surface area contributed by atoms with E-state index in [9.17, 15) is 43.8 Å². The molecule has 0 aliphatic rings. The van der Waals surface area contributed by atoms with E-state index in [0.29, 0.717) is 12.8 Å². The number of esters is 2. The third-order valence-corrected chi connectivity index (χ3v) is 11.2. The number of allylic oxidation sites excluding steroid dienone is 8. The number of carbonyl (C=O) groups excluding carboxylic acids is 2. The predicted molar refractivity (Wildman–Crippen MR) is 242 cm³/mol. The van der Waals surface area contributed by atoms with Gasteiger partial charge in [0, 0.05) is 12.8 Å². The summed E-state index contributed by atoms with van der Waals surface area (Å²) in [5.41, 5.74) is 0. The van der Waals surface area contributed by atoms with Gasteiger partial charge in [0.1, 0.15) is 31.5 Å². The highest BCUT2D eigenvalue weighted by Gasteiger charge is 2.28. The summed E-state index contributed by atoms with van der Waals surface area (Å²) in [7, 11) is -9.57. The van der Waals surface area contributed by atoms with Crippen molar-refractivity contribution in [2.24, 2.45) is 0 Å². The Kier molecular flexibility index (Phi) is 40.3.